The smallest absolute Gasteiger partial charge is 0.226 e. The monoisotopic (exact) mass is 213 g/mol. The summed E-state index contributed by atoms with van der Waals surface area (Å²) in [5.41, 5.74) is 6.12. The van der Waals surface area contributed by atoms with Gasteiger partial charge in [0.05, 0.1) is 17.1 Å². The zero-order chi connectivity index (χ0) is 10.4. The van der Waals surface area contributed by atoms with Crippen LogP contribution in [0, 0.1) is 0 Å². The Morgan fingerprint density at radius 1 is 1.71 bits per heavy atom. The summed E-state index contributed by atoms with van der Waals surface area (Å²) in [6, 6.07) is 0. The van der Waals surface area contributed by atoms with Gasteiger partial charge >= 0.3 is 0 Å². The van der Waals surface area contributed by atoms with Crippen molar-refractivity contribution >= 4 is 17.2 Å². The average Bonchev–Trinajstić information content (AvgIpc) is 2.62. The summed E-state index contributed by atoms with van der Waals surface area (Å²) in [6.07, 6.45) is 1.28. The average molecular weight is 213 g/mol. The van der Waals surface area contributed by atoms with Gasteiger partial charge in [0.1, 0.15) is 0 Å². The van der Waals surface area contributed by atoms with E-state index in [1.807, 2.05) is 5.38 Å². The molecule has 0 aromatic carbocycles. The molecule has 0 spiro atoms. The van der Waals surface area contributed by atoms with Gasteiger partial charge in [-0.1, -0.05) is 6.92 Å². The SMILES string of the molecule is CCc1nc(CC(=O)NCCN)cs1. The van der Waals surface area contributed by atoms with Crippen LogP contribution in [-0.4, -0.2) is 24.0 Å². The van der Waals surface area contributed by atoms with Crippen molar-refractivity contribution in [3.05, 3.63) is 16.1 Å². The standard InChI is InChI=1S/C9H15N3OS/c1-2-9-12-7(6-14-9)5-8(13)11-4-3-10/h6H,2-5,10H2,1H3,(H,11,13). The van der Waals surface area contributed by atoms with Crippen LogP contribution in [0.2, 0.25) is 0 Å². The number of nitrogens with zero attached hydrogens (tertiary/aromatic N) is 1. The molecule has 0 aliphatic carbocycles. The third-order valence-corrected chi connectivity index (χ3v) is 2.75. The van der Waals surface area contributed by atoms with E-state index in [1.165, 1.54) is 0 Å². The number of amides is 1. The zero-order valence-corrected chi connectivity index (χ0v) is 9.06. The van der Waals surface area contributed by atoms with Crippen LogP contribution in [0.25, 0.3) is 0 Å². The first kappa shape index (κ1) is 11.1. The zero-order valence-electron chi connectivity index (χ0n) is 8.25. The summed E-state index contributed by atoms with van der Waals surface area (Å²) in [5, 5.41) is 5.72. The van der Waals surface area contributed by atoms with Crippen molar-refractivity contribution in [2.24, 2.45) is 5.73 Å². The first-order valence-corrected chi connectivity index (χ1v) is 5.54. The number of hydrogen-bond acceptors (Lipinski definition) is 4. The normalized spacial score (nSPS) is 10.1. The first-order valence-electron chi connectivity index (χ1n) is 4.66. The molecular weight excluding hydrogens is 198 g/mol. The van der Waals surface area contributed by atoms with Gasteiger partial charge < -0.3 is 11.1 Å². The molecule has 1 aromatic rings. The summed E-state index contributed by atoms with van der Waals surface area (Å²) in [5.74, 6) is -0.0107. The molecule has 78 valence electrons. The molecule has 4 nitrogen and oxygen atoms in total. The van der Waals surface area contributed by atoms with E-state index >= 15 is 0 Å². The van der Waals surface area contributed by atoms with Crippen molar-refractivity contribution in [1.29, 1.82) is 0 Å². The third kappa shape index (κ3) is 3.43. The van der Waals surface area contributed by atoms with Gasteiger partial charge in [-0.25, -0.2) is 4.98 Å². The maximum Gasteiger partial charge on any atom is 0.226 e. The Hall–Kier alpha value is -0.940. The van der Waals surface area contributed by atoms with Crippen molar-refractivity contribution in [2.75, 3.05) is 13.1 Å². The Bertz CT molecular complexity index is 298. The molecule has 0 unspecified atom stereocenters. The van der Waals surface area contributed by atoms with Gasteiger partial charge in [0, 0.05) is 18.5 Å². The minimum Gasteiger partial charge on any atom is -0.354 e. The molecule has 1 amide bonds. The number of aromatic nitrogens is 1. The number of rotatable bonds is 5. The van der Waals surface area contributed by atoms with Crippen LogP contribution in [0.15, 0.2) is 5.38 Å². The second-order valence-corrected chi connectivity index (χ2v) is 3.84. The Morgan fingerprint density at radius 2 is 2.50 bits per heavy atom. The molecule has 0 fully saturated rings. The maximum absolute atomic E-state index is 11.3. The van der Waals surface area contributed by atoms with Crippen molar-refractivity contribution in [3.8, 4) is 0 Å². The molecule has 0 radical (unpaired) electrons. The summed E-state index contributed by atoms with van der Waals surface area (Å²) in [4.78, 5) is 15.6. The van der Waals surface area contributed by atoms with E-state index in [-0.39, 0.29) is 5.91 Å². The molecule has 0 aliphatic heterocycles. The molecule has 0 bridgehead atoms. The lowest BCUT2D eigenvalue weighted by Crippen LogP contribution is -2.30. The van der Waals surface area contributed by atoms with Gasteiger partial charge in [-0.2, -0.15) is 0 Å². The topological polar surface area (TPSA) is 68.0 Å². The predicted molar refractivity (Wildman–Crippen MR) is 57.3 cm³/mol. The Morgan fingerprint density at radius 3 is 3.07 bits per heavy atom. The molecule has 0 saturated heterocycles. The molecule has 0 aliphatic rings. The Balaban J connectivity index is 2.39. The number of carbonyl (C=O) groups is 1. The van der Waals surface area contributed by atoms with Gasteiger partial charge in [0.2, 0.25) is 5.91 Å². The van der Waals surface area contributed by atoms with Crippen LogP contribution < -0.4 is 11.1 Å². The Labute approximate surface area is 87.5 Å². The van der Waals surface area contributed by atoms with Gasteiger partial charge in [-0.3, -0.25) is 4.79 Å². The molecule has 0 atom stereocenters. The third-order valence-electron chi connectivity index (χ3n) is 1.71. The maximum atomic E-state index is 11.3. The summed E-state index contributed by atoms with van der Waals surface area (Å²) in [6.45, 7) is 3.06. The second-order valence-electron chi connectivity index (χ2n) is 2.90. The predicted octanol–water partition coefficient (Wildman–Crippen LogP) is 0.323. The van der Waals surface area contributed by atoms with E-state index < -0.39 is 0 Å². The van der Waals surface area contributed by atoms with Crippen molar-refractivity contribution in [3.63, 3.8) is 0 Å². The highest BCUT2D eigenvalue weighted by molar-refractivity contribution is 7.09. The number of nitrogens with one attached hydrogen (secondary N) is 1. The fraction of sp³-hybridized carbons (Fsp3) is 0.556. The highest BCUT2D eigenvalue weighted by Gasteiger charge is 2.05. The van der Waals surface area contributed by atoms with Crippen LogP contribution in [-0.2, 0) is 17.6 Å². The minimum atomic E-state index is -0.0107. The van der Waals surface area contributed by atoms with Crippen LogP contribution in [0.3, 0.4) is 0 Å². The number of hydrogen-bond donors (Lipinski definition) is 2. The molecule has 0 saturated carbocycles. The molecule has 1 rings (SSSR count). The van der Waals surface area contributed by atoms with Gasteiger partial charge in [-0.15, -0.1) is 11.3 Å². The van der Waals surface area contributed by atoms with E-state index in [0.29, 0.717) is 19.5 Å². The van der Waals surface area contributed by atoms with Gasteiger partial charge in [0.15, 0.2) is 0 Å². The van der Waals surface area contributed by atoms with Crippen LogP contribution >= 0.6 is 11.3 Å². The van der Waals surface area contributed by atoms with Crippen LogP contribution in [0.5, 0.6) is 0 Å². The number of carbonyl (C=O) groups excluding carboxylic acids is 1. The van der Waals surface area contributed by atoms with Crippen molar-refractivity contribution < 1.29 is 4.79 Å². The highest BCUT2D eigenvalue weighted by Crippen LogP contribution is 2.10. The van der Waals surface area contributed by atoms with E-state index in [4.69, 9.17) is 5.73 Å². The number of nitrogens with two attached hydrogens (primary N) is 1. The lowest BCUT2D eigenvalue weighted by Gasteiger charge is -2.00. The van der Waals surface area contributed by atoms with Gasteiger partial charge in [-0.05, 0) is 6.42 Å². The van der Waals surface area contributed by atoms with Crippen LogP contribution in [0.1, 0.15) is 17.6 Å². The number of aryl methyl sites for hydroxylation is 1. The quantitative estimate of drug-likeness (QED) is 0.740. The van der Waals surface area contributed by atoms with Crippen molar-refractivity contribution in [1.82, 2.24) is 10.3 Å². The summed E-state index contributed by atoms with van der Waals surface area (Å²) in [7, 11) is 0. The first-order chi connectivity index (χ1) is 6.76. The summed E-state index contributed by atoms with van der Waals surface area (Å²) < 4.78 is 0. The Kier molecular flexibility index (Phi) is 4.55. The fourth-order valence-electron chi connectivity index (χ4n) is 1.03. The van der Waals surface area contributed by atoms with Crippen LogP contribution in [0.4, 0.5) is 0 Å². The fourth-order valence-corrected chi connectivity index (χ4v) is 1.78. The molecule has 5 heteroatoms. The molecule has 14 heavy (non-hydrogen) atoms. The second kappa shape index (κ2) is 5.72. The van der Waals surface area contributed by atoms with E-state index in [2.05, 4.69) is 17.2 Å². The largest absolute Gasteiger partial charge is 0.354 e. The molecule has 1 heterocycles. The molecular formula is C9H15N3OS. The lowest BCUT2D eigenvalue weighted by molar-refractivity contribution is -0.120. The number of thiazole rings is 1. The summed E-state index contributed by atoms with van der Waals surface area (Å²) >= 11 is 1.60. The van der Waals surface area contributed by atoms with E-state index in [9.17, 15) is 4.79 Å². The highest BCUT2D eigenvalue weighted by atomic mass is 32.1. The molecule has 3 N–H and O–H groups in total. The molecule has 1 aromatic heterocycles. The van der Waals surface area contributed by atoms with E-state index in [1.54, 1.807) is 11.3 Å². The van der Waals surface area contributed by atoms with Gasteiger partial charge in [0.25, 0.3) is 0 Å². The lowest BCUT2D eigenvalue weighted by atomic mass is 10.3. The van der Waals surface area contributed by atoms with Crippen molar-refractivity contribution in [2.45, 2.75) is 19.8 Å². The minimum absolute atomic E-state index is 0.0107. The van der Waals surface area contributed by atoms with E-state index in [0.717, 1.165) is 17.1 Å².